The Balaban J connectivity index is 1.74. The Bertz CT molecular complexity index is 436. The summed E-state index contributed by atoms with van der Waals surface area (Å²) < 4.78 is 4.81. The van der Waals surface area contributed by atoms with E-state index in [0.29, 0.717) is 11.6 Å². The molecule has 2 N–H and O–H groups in total. The Morgan fingerprint density at radius 2 is 2.11 bits per heavy atom. The third kappa shape index (κ3) is 3.58. The smallest absolute Gasteiger partial charge is 0.235 e. The van der Waals surface area contributed by atoms with Gasteiger partial charge in [-0.05, 0) is 19.8 Å². The monoisotopic (exact) mass is 251 g/mol. The number of nitrogens with one attached hydrogen (secondary N) is 2. The number of nitrogens with zero attached hydrogens (tertiary/aromatic N) is 1. The first-order chi connectivity index (χ1) is 8.63. The normalized spacial score (nSPS) is 15.6. The quantitative estimate of drug-likeness (QED) is 0.791. The van der Waals surface area contributed by atoms with Gasteiger partial charge in [0, 0.05) is 12.1 Å². The first kappa shape index (κ1) is 12.6. The van der Waals surface area contributed by atoms with E-state index in [0.717, 1.165) is 25.7 Å². The molecule has 1 heterocycles. The largest absolute Gasteiger partial charge is 0.360 e. The average Bonchev–Trinajstić information content (AvgIpc) is 2.90. The van der Waals surface area contributed by atoms with Gasteiger partial charge in [-0.2, -0.15) is 0 Å². The maximum Gasteiger partial charge on any atom is 0.235 e. The number of rotatable bonds is 4. The van der Waals surface area contributed by atoms with Gasteiger partial charge >= 0.3 is 0 Å². The van der Waals surface area contributed by atoms with Crippen molar-refractivity contribution in [2.45, 2.75) is 45.1 Å². The van der Waals surface area contributed by atoms with Crippen LogP contribution in [0, 0.1) is 6.92 Å². The zero-order chi connectivity index (χ0) is 13.0. The van der Waals surface area contributed by atoms with E-state index in [9.17, 15) is 9.59 Å². The second kappa shape index (κ2) is 5.66. The molecule has 0 atom stereocenters. The Morgan fingerprint density at radius 1 is 1.39 bits per heavy atom. The third-order valence-electron chi connectivity index (χ3n) is 2.94. The molecule has 18 heavy (non-hydrogen) atoms. The number of hydrogen-bond donors (Lipinski definition) is 2. The molecule has 2 rings (SSSR count). The standard InChI is InChI=1S/C12H17N3O3/c1-8-6-10(15-18-8)14-12(17)7-11(16)13-9-4-2-3-5-9/h6,9H,2-5,7H2,1H3,(H,13,16)(H,14,15,17). The van der Waals surface area contributed by atoms with Crippen molar-refractivity contribution in [2.24, 2.45) is 0 Å². The predicted octanol–water partition coefficient (Wildman–Crippen LogP) is 1.37. The highest BCUT2D eigenvalue weighted by molar-refractivity contribution is 6.03. The van der Waals surface area contributed by atoms with Crippen molar-refractivity contribution >= 4 is 17.6 Å². The van der Waals surface area contributed by atoms with Crippen LogP contribution in [0.5, 0.6) is 0 Å². The first-order valence-corrected chi connectivity index (χ1v) is 6.16. The Kier molecular flexibility index (Phi) is 3.96. The van der Waals surface area contributed by atoms with E-state index < -0.39 is 0 Å². The van der Waals surface area contributed by atoms with Crippen molar-refractivity contribution in [2.75, 3.05) is 5.32 Å². The van der Waals surface area contributed by atoms with Gasteiger partial charge in [-0.25, -0.2) is 0 Å². The lowest BCUT2D eigenvalue weighted by Crippen LogP contribution is -2.35. The zero-order valence-corrected chi connectivity index (χ0v) is 10.4. The van der Waals surface area contributed by atoms with Crippen LogP contribution in [0.25, 0.3) is 0 Å². The second-order valence-electron chi connectivity index (χ2n) is 4.60. The zero-order valence-electron chi connectivity index (χ0n) is 10.4. The second-order valence-corrected chi connectivity index (χ2v) is 4.60. The number of aromatic nitrogens is 1. The molecule has 1 saturated carbocycles. The average molecular weight is 251 g/mol. The Hall–Kier alpha value is -1.85. The van der Waals surface area contributed by atoms with E-state index in [4.69, 9.17) is 4.52 Å². The van der Waals surface area contributed by atoms with Gasteiger partial charge < -0.3 is 15.2 Å². The van der Waals surface area contributed by atoms with Gasteiger partial charge in [0.25, 0.3) is 0 Å². The van der Waals surface area contributed by atoms with Gasteiger partial charge in [-0.3, -0.25) is 9.59 Å². The van der Waals surface area contributed by atoms with Crippen LogP contribution in [-0.4, -0.2) is 23.0 Å². The molecule has 1 fully saturated rings. The van der Waals surface area contributed by atoms with Gasteiger partial charge in [0.1, 0.15) is 12.2 Å². The first-order valence-electron chi connectivity index (χ1n) is 6.16. The van der Waals surface area contributed by atoms with E-state index in [2.05, 4.69) is 15.8 Å². The van der Waals surface area contributed by atoms with Gasteiger partial charge in [0.05, 0.1) is 0 Å². The molecule has 1 aliphatic rings. The number of amides is 2. The minimum absolute atomic E-state index is 0.178. The molecule has 1 aromatic rings. The SMILES string of the molecule is Cc1cc(NC(=O)CC(=O)NC2CCCC2)no1. The molecule has 0 bridgehead atoms. The van der Waals surface area contributed by atoms with Crippen molar-refractivity contribution in [3.8, 4) is 0 Å². The van der Waals surface area contributed by atoms with Gasteiger partial charge in [0.2, 0.25) is 11.8 Å². The van der Waals surface area contributed by atoms with E-state index in [1.54, 1.807) is 13.0 Å². The molecule has 1 aromatic heterocycles. The summed E-state index contributed by atoms with van der Waals surface area (Å²) in [6.45, 7) is 1.73. The summed E-state index contributed by atoms with van der Waals surface area (Å²) in [5.41, 5.74) is 0. The maximum atomic E-state index is 11.6. The lowest BCUT2D eigenvalue weighted by molar-refractivity contribution is -0.127. The summed E-state index contributed by atoms with van der Waals surface area (Å²) >= 11 is 0. The van der Waals surface area contributed by atoms with Crippen LogP contribution in [-0.2, 0) is 9.59 Å². The summed E-state index contributed by atoms with van der Waals surface area (Å²) in [7, 11) is 0. The predicted molar refractivity (Wildman–Crippen MR) is 64.9 cm³/mol. The fourth-order valence-electron chi connectivity index (χ4n) is 2.11. The molecule has 0 aliphatic heterocycles. The minimum Gasteiger partial charge on any atom is -0.360 e. The van der Waals surface area contributed by atoms with Crippen LogP contribution in [0.4, 0.5) is 5.82 Å². The summed E-state index contributed by atoms with van der Waals surface area (Å²) in [6.07, 6.45) is 4.14. The summed E-state index contributed by atoms with van der Waals surface area (Å²) in [5, 5.41) is 9.00. The number of hydrogen-bond acceptors (Lipinski definition) is 4. The Labute approximate surface area is 105 Å². The fourth-order valence-corrected chi connectivity index (χ4v) is 2.11. The highest BCUT2D eigenvalue weighted by Crippen LogP contribution is 2.17. The molecule has 0 unspecified atom stereocenters. The molecular formula is C12H17N3O3. The number of carbonyl (C=O) groups excluding carboxylic acids is 2. The van der Waals surface area contributed by atoms with Crippen molar-refractivity contribution in [3.63, 3.8) is 0 Å². The summed E-state index contributed by atoms with van der Waals surface area (Å²) in [4.78, 5) is 23.1. The van der Waals surface area contributed by atoms with Crippen molar-refractivity contribution in [3.05, 3.63) is 11.8 Å². The molecule has 0 saturated heterocycles. The van der Waals surface area contributed by atoms with Crippen LogP contribution >= 0.6 is 0 Å². The molecule has 1 aliphatic carbocycles. The van der Waals surface area contributed by atoms with Crippen LogP contribution in [0.3, 0.4) is 0 Å². The highest BCUT2D eigenvalue weighted by atomic mass is 16.5. The van der Waals surface area contributed by atoms with Gasteiger partial charge in [-0.15, -0.1) is 0 Å². The third-order valence-corrected chi connectivity index (χ3v) is 2.94. The fraction of sp³-hybridized carbons (Fsp3) is 0.583. The molecule has 0 aromatic carbocycles. The lowest BCUT2D eigenvalue weighted by Gasteiger charge is -2.11. The number of anilines is 1. The van der Waals surface area contributed by atoms with Crippen LogP contribution in [0.2, 0.25) is 0 Å². The van der Waals surface area contributed by atoms with Crippen LogP contribution < -0.4 is 10.6 Å². The van der Waals surface area contributed by atoms with E-state index in [1.165, 1.54) is 0 Å². The van der Waals surface area contributed by atoms with Crippen molar-refractivity contribution in [1.82, 2.24) is 10.5 Å². The molecule has 98 valence electrons. The van der Waals surface area contributed by atoms with Gasteiger partial charge in [-0.1, -0.05) is 18.0 Å². The van der Waals surface area contributed by atoms with Crippen LogP contribution in [0.1, 0.15) is 37.9 Å². The van der Waals surface area contributed by atoms with E-state index in [1.807, 2.05) is 0 Å². The molecule has 6 nitrogen and oxygen atoms in total. The maximum absolute atomic E-state index is 11.6. The molecule has 0 spiro atoms. The molecule has 2 amide bonds. The van der Waals surface area contributed by atoms with E-state index in [-0.39, 0.29) is 24.3 Å². The summed E-state index contributed by atoms with van der Waals surface area (Å²) in [5.74, 6) is 0.338. The summed E-state index contributed by atoms with van der Waals surface area (Å²) in [6, 6.07) is 1.84. The highest BCUT2D eigenvalue weighted by Gasteiger charge is 2.18. The van der Waals surface area contributed by atoms with Crippen LogP contribution in [0.15, 0.2) is 10.6 Å². The molecule has 0 radical (unpaired) electrons. The number of aryl methyl sites for hydroxylation is 1. The molecular weight excluding hydrogens is 234 g/mol. The Morgan fingerprint density at radius 3 is 2.72 bits per heavy atom. The van der Waals surface area contributed by atoms with E-state index >= 15 is 0 Å². The van der Waals surface area contributed by atoms with Crippen molar-refractivity contribution < 1.29 is 14.1 Å². The minimum atomic E-state index is -0.376. The molecule has 6 heteroatoms. The topological polar surface area (TPSA) is 84.2 Å². The lowest BCUT2D eigenvalue weighted by atomic mass is 10.2. The van der Waals surface area contributed by atoms with Crippen molar-refractivity contribution in [1.29, 1.82) is 0 Å². The van der Waals surface area contributed by atoms with Gasteiger partial charge in [0.15, 0.2) is 5.82 Å². The number of carbonyl (C=O) groups is 2.